The van der Waals surface area contributed by atoms with E-state index < -0.39 is 0 Å². The number of thiophene rings is 1. The molecule has 0 aliphatic heterocycles. The Bertz CT molecular complexity index is 1430. The molecule has 0 N–H and O–H groups in total. The first-order valence-corrected chi connectivity index (χ1v) is 11.3. The van der Waals surface area contributed by atoms with Crippen LogP contribution in [-0.4, -0.2) is 22.4 Å². The lowest BCUT2D eigenvalue weighted by atomic mass is 10.0. The summed E-state index contributed by atoms with van der Waals surface area (Å²) in [5.41, 5.74) is 5.35. The smallest absolute Gasteiger partial charge is 0.263 e. The van der Waals surface area contributed by atoms with Crippen LogP contribution in [0.1, 0.15) is 37.7 Å². The first kappa shape index (κ1) is 22.0. The number of ether oxygens (including phenoxy) is 1. The van der Waals surface area contributed by atoms with Crippen molar-refractivity contribution in [2.45, 2.75) is 41.2 Å². The van der Waals surface area contributed by atoms with E-state index in [0.717, 1.165) is 32.7 Å². The highest BCUT2D eigenvalue weighted by atomic mass is 32.1. The van der Waals surface area contributed by atoms with Crippen LogP contribution in [0.2, 0.25) is 0 Å². The number of carbonyl (C=O) groups is 1. The molecule has 0 radical (unpaired) electrons. The molecule has 0 bridgehead atoms. The number of aromatic nitrogens is 2. The molecular weight excluding hydrogens is 420 g/mol. The van der Waals surface area contributed by atoms with Crippen LogP contribution in [-0.2, 0) is 6.54 Å². The van der Waals surface area contributed by atoms with Crippen molar-refractivity contribution >= 4 is 27.3 Å². The Balaban J connectivity index is 1.89. The van der Waals surface area contributed by atoms with E-state index >= 15 is 0 Å². The molecule has 2 aromatic heterocycles. The van der Waals surface area contributed by atoms with Crippen molar-refractivity contribution in [1.29, 1.82) is 0 Å². The number of rotatable bonds is 5. The number of hydrogen-bond donors (Lipinski definition) is 0. The number of Topliss-reactive ketones (excluding diaryl/α,β-unsaturated/α-hetero) is 1. The average Bonchev–Trinajstić information content (AvgIpc) is 3.08. The highest BCUT2D eigenvalue weighted by Gasteiger charge is 2.22. The normalized spacial score (nSPS) is 11.2. The Morgan fingerprint density at radius 1 is 1.03 bits per heavy atom. The van der Waals surface area contributed by atoms with E-state index in [-0.39, 0.29) is 17.9 Å². The van der Waals surface area contributed by atoms with E-state index in [1.165, 1.54) is 15.9 Å². The van der Waals surface area contributed by atoms with Crippen molar-refractivity contribution in [2.75, 3.05) is 7.11 Å². The van der Waals surface area contributed by atoms with E-state index in [1.54, 1.807) is 14.0 Å². The van der Waals surface area contributed by atoms with E-state index in [2.05, 4.69) is 4.98 Å². The second-order valence-corrected chi connectivity index (χ2v) is 9.39. The highest BCUT2D eigenvalue weighted by Crippen LogP contribution is 2.40. The number of methoxy groups -OCH3 is 1. The minimum atomic E-state index is -0.201. The minimum Gasteiger partial charge on any atom is -0.496 e. The Morgan fingerprint density at radius 2 is 1.78 bits per heavy atom. The second kappa shape index (κ2) is 8.36. The van der Waals surface area contributed by atoms with E-state index in [4.69, 9.17) is 4.74 Å². The van der Waals surface area contributed by atoms with Gasteiger partial charge in [-0.2, -0.15) is 0 Å². The maximum atomic E-state index is 13.7. The lowest BCUT2D eigenvalue weighted by Crippen LogP contribution is -2.27. The van der Waals surface area contributed by atoms with Gasteiger partial charge in [0.05, 0.1) is 19.0 Å². The summed E-state index contributed by atoms with van der Waals surface area (Å²) in [5.74, 6) is 1.13. The Kier molecular flexibility index (Phi) is 5.73. The molecule has 5 nitrogen and oxygen atoms in total. The largest absolute Gasteiger partial charge is 0.496 e. The fourth-order valence-electron chi connectivity index (χ4n) is 3.97. The van der Waals surface area contributed by atoms with Crippen molar-refractivity contribution in [3.05, 3.63) is 79.7 Å². The van der Waals surface area contributed by atoms with Gasteiger partial charge in [-0.15, -0.1) is 11.3 Å². The standard InChI is InChI=1S/C26H26N2O3S/c1-14-7-10-22(31-6)20(11-14)23-17(4)32-25-24(23)26(30)28(18(5)27-25)13-21(29)19-9-8-15(2)16(3)12-19/h7-12H,13H2,1-6H3. The molecule has 4 rings (SSSR count). The van der Waals surface area contributed by atoms with Crippen LogP contribution in [0.15, 0.2) is 41.2 Å². The Labute approximate surface area is 191 Å². The summed E-state index contributed by atoms with van der Waals surface area (Å²) in [5, 5.41) is 0.537. The first-order chi connectivity index (χ1) is 15.2. The van der Waals surface area contributed by atoms with Gasteiger partial charge in [-0.25, -0.2) is 4.98 Å². The van der Waals surface area contributed by atoms with Crippen LogP contribution in [0.5, 0.6) is 5.75 Å². The number of ketones is 1. The van der Waals surface area contributed by atoms with Crippen molar-refractivity contribution in [1.82, 2.24) is 9.55 Å². The van der Waals surface area contributed by atoms with Crippen molar-refractivity contribution in [2.24, 2.45) is 0 Å². The molecule has 32 heavy (non-hydrogen) atoms. The quantitative estimate of drug-likeness (QED) is 0.377. The summed E-state index contributed by atoms with van der Waals surface area (Å²) < 4.78 is 7.07. The Morgan fingerprint density at radius 3 is 2.47 bits per heavy atom. The Hall–Kier alpha value is -3.25. The van der Waals surface area contributed by atoms with Crippen molar-refractivity contribution in [3.8, 4) is 16.9 Å². The maximum Gasteiger partial charge on any atom is 0.263 e. The molecule has 0 amide bonds. The maximum absolute atomic E-state index is 13.7. The molecule has 2 aromatic carbocycles. The first-order valence-electron chi connectivity index (χ1n) is 10.5. The molecule has 6 heteroatoms. The number of hydrogen-bond acceptors (Lipinski definition) is 5. The van der Waals surface area contributed by atoms with Gasteiger partial charge < -0.3 is 4.74 Å². The summed E-state index contributed by atoms with van der Waals surface area (Å²) in [6, 6.07) is 11.5. The summed E-state index contributed by atoms with van der Waals surface area (Å²) >= 11 is 1.49. The second-order valence-electron chi connectivity index (χ2n) is 8.19. The predicted molar refractivity (Wildman–Crippen MR) is 130 cm³/mol. The zero-order valence-electron chi connectivity index (χ0n) is 19.2. The number of benzene rings is 2. The van der Waals surface area contributed by atoms with Gasteiger partial charge in [0.2, 0.25) is 0 Å². The number of carbonyl (C=O) groups excluding carboxylic acids is 1. The molecule has 0 fully saturated rings. The third kappa shape index (κ3) is 3.75. The fourth-order valence-corrected chi connectivity index (χ4v) is 5.05. The van der Waals surface area contributed by atoms with Gasteiger partial charge >= 0.3 is 0 Å². The average molecular weight is 447 g/mol. The lowest BCUT2D eigenvalue weighted by Gasteiger charge is -2.12. The van der Waals surface area contributed by atoms with Crippen LogP contribution in [0, 0.1) is 34.6 Å². The monoisotopic (exact) mass is 446 g/mol. The molecule has 0 unspecified atom stereocenters. The van der Waals surface area contributed by atoms with Crippen molar-refractivity contribution < 1.29 is 9.53 Å². The van der Waals surface area contributed by atoms with Crippen molar-refractivity contribution in [3.63, 3.8) is 0 Å². The zero-order valence-corrected chi connectivity index (χ0v) is 20.0. The molecule has 0 saturated carbocycles. The molecule has 0 saturated heterocycles. The third-order valence-corrected chi connectivity index (χ3v) is 6.93. The third-order valence-electron chi connectivity index (χ3n) is 5.93. The van der Waals surface area contributed by atoms with Crippen LogP contribution in [0.25, 0.3) is 21.3 Å². The predicted octanol–water partition coefficient (Wildman–Crippen LogP) is 5.56. The number of fused-ring (bicyclic) bond motifs is 1. The van der Waals surface area contributed by atoms with Gasteiger partial charge in [0, 0.05) is 21.6 Å². The van der Waals surface area contributed by atoms with Crippen LogP contribution in [0.4, 0.5) is 0 Å². The molecule has 0 aliphatic rings. The van der Waals surface area contributed by atoms with Gasteiger partial charge in [-0.3, -0.25) is 14.2 Å². The van der Waals surface area contributed by atoms with Gasteiger partial charge in [-0.05, 0) is 63.9 Å². The lowest BCUT2D eigenvalue weighted by molar-refractivity contribution is 0.0969. The topological polar surface area (TPSA) is 61.2 Å². The van der Waals surface area contributed by atoms with Gasteiger partial charge in [-0.1, -0.05) is 23.8 Å². The molecule has 0 spiro atoms. The summed E-state index contributed by atoms with van der Waals surface area (Å²) in [4.78, 5) is 33.0. The number of aryl methyl sites for hydroxylation is 5. The summed E-state index contributed by atoms with van der Waals surface area (Å²) in [6.07, 6.45) is 0. The van der Waals surface area contributed by atoms with E-state index in [9.17, 15) is 9.59 Å². The molecule has 164 valence electrons. The number of nitrogens with zero attached hydrogens (tertiary/aromatic N) is 2. The van der Waals surface area contributed by atoms with E-state index in [0.29, 0.717) is 27.4 Å². The molecule has 4 aromatic rings. The van der Waals surface area contributed by atoms with E-state index in [1.807, 2.05) is 64.1 Å². The van der Waals surface area contributed by atoms with Gasteiger partial charge in [0.15, 0.2) is 5.78 Å². The zero-order chi connectivity index (χ0) is 23.2. The molecular formula is C26H26N2O3S. The summed E-state index contributed by atoms with van der Waals surface area (Å²) in [7, 11) is 1.63. The summed E-state index contributed by atoms with van der Waals surface area (Å²) in [6.45, 7) is 9.72. The SMILES string of the molecule is COc1ccc(C)cc1-c1c(C)sc2nc(C)n(CC(=O)c3ccc(C)c(C)c3)c(=O)c12. The van der Waals surface area contributed by atoms with Gasteiger partial charge in [0.25, 0.3) is 5.56 Å². The highest BCUT2D eigenvalue weighted by molar-refractivity contribution is 7.19. The van der Waals surface area contributed by atoms with Crippen LogP contribution < -0.4 is 10.3 Å². The molecule has 2 heterocycles. The fraction of sp³-hybridized carbons (Fsp3) is 0.269. The van der Waals surface area contributed by atoms with Gasteiger partial charge in [0.1, 0.15) is 16.4 Å². The minimum absolute atomic E-state index is 0.0462. The molecule has 0 atom stereocenters. The van der Waals surface area contributed by atoms with Crippen LogP contribution >= 0.6 is 11.3 Å². The van der Waals surface area contributed by atoms with Crippen LogP contribution in [0.3, 0.4) is 0 Å². The molecule has 0 aliphatic carbocycles.